The maximum atomic E-state index is 13.3. The Balaban J connectivity index is 4.94. The molecule has 0 saturated heterocycles. The van der Waals surface area contributed by atoms with Crippen LogP contribution in [0.15, 0.2) is 0 Å². The molecule has 0 radical (unpaired) electrons. The van der Waals surface area contributed by atoms with Gasteiger partial charge < -0.3 is 36.6 Å². The number of carbonyl (C=O) groups is 5. The van der Waals surface area contributed by atoms with Gasteiger partial charge in [0.15, 0.2) is 0 Å². The molecule has 4 atom stereocenters. The first-order chi connectivity index (χ1) is 19.5. The fourth-order valence-electron chi connectivity index (χ4n) is 4.31. The van der Waals surface area contributed by atoms with Gasteiger partial charge in [-0.15, -0.1) is 0 Å². The first-order valence-corrected chi connectivity index (χ1v) is 15.4. The van der Waals surface area contributed by atoms with Crippen molar-refractivity contribution in [2.75, 3.05) is 18.9 Å². The number of aliphatic carboxylic acids is 1. The lowest BCUT2D eigenvalue weighted by atomic mass is 10.1. The quantitative estimate of drug-likeness (QED) is 0.0600. The average Bonchev–Trinajstić information content (AvgIpc) is 2.94. The van der Waals surface area contributed by atoms with Crippen molar-refractivity contribution in [3.63, 3.8) is 0 Å². The Labute approximate surface area is 249 Å². The second-order valence-corrected chi connectivity index (χ2v) is 10.9. The van der Waals surface area contributed by atoms with Gasteiger partial charge in [-0.1, -0.05) is 71.1 Å². The third kappa shape index (κ3) is 17.9. The molecule has 238 valence electrons. The number of nitrogens with zero attached hydrogens (tertiary/aromatic N) is 1. The highest BCUT2D eigenvalue weighted by Crippen LogP contribution is 2.13. The molecule has 7 N–H and O–H groups in total. The molecule has 1 unspecified atom stereocenters. The van der Waals surface area contributed by atoms with E-state index in [1.165, 1.54) is 51.9 Å². The van der Waals surface area contributed by atoms with Crippen LogP contribution >= 0.6 is 12.6 Å². The van der Waals surface area contributed by atoms with E-state index in [2.05, 4.69) is 30.2 Å². The van der Waals surface area contributed by atoms with Crippen LogP contribution in [-0.4, -0.2) is 93.0 Å². The lowest BCUT2D eigenvalue weighted by Gasteiger charge is -2.33. The van der Waals surface area contributed by atoms with Crippen molar-refractivity contribution in [3.05, 3.63) is 0 Å². The first-order valence-electron chi connectivity index (χ1n) is 14.8. The van der Waals surface area contributed by atoms with Gasteiger partial charge in [0.2, 0.25) is 23.6 Å². The van der Waals surface area contributed by atoms with Crippen LogP contribution in [0.2, 0.25) is 0 Å². The molecular formula is C28H52N4O8S. The summed E-state index contributed by atoms with van der Waals surface area (Å²) in [5, 5.41) is 33.2. The fourth-order valence-corrected chi connectivity index (χ4v) is 4.56. The van der Waals surface area contributed by atoms with E-state index in [-0.39, 0.29) is 24.5 Å². The van der Waals surface area contributed by atoms with E-state index < -0.39 is 67.5 Å². The second-order valence-electron chi connectivity index (χ2n) is 10.5. The summed E-state index contributed by atoms with van der Waals surface area (Å²) in [6.45, 7) is 2.43. The van der Waals surface area contributed by atoms with Crippen LogP contribution in [0.3, 0.4) is 0 Å². The number of nitrogens with two attached hydrogens (primary N) is 1. The summed E-state index contributed by atoms with van der Waals surface area (Å²) in [4.78, 5) is 62.3. The summed E-state index contributed by atoms with van der Waals surface area (Å²) in [5.74, 6) is -4.06. The molecule has 0 fully saturated rings. The molecule has 4 amide bonds. The number of carboxylic acids is 1. The molecule has 12 nitrogen and oxygen atoms in total. The monoisotopic (exact) mass is 604 g/mol. The van der Waals surface area contributed by atoms with Crippen LogP contribution in [0.1, 0.15) is 104 Å². The van der Waals surface area contributed by atoms with Crippen molar-refractivity contribution in [2.24, 2.45) is 5.73 Å². The second kappa shape index (κ2) is 23.2. The molecule has 0 aliphatic carbocycles. The maximum absolute atomic E-state index is 13.3. The molecule has 41 heavy (non-hydrogen) atoms. The van der Waals surface area contributed by atoms with Gasteiger partial charge in [-0.3, -0.25) is 24.0 Å². The number of hydrogen-bond donors (Lipinski definition) is 7. The van der Waals surface area contributed by atoms with Crippen molar-refractivity contribution in [3.8, 4) is 0 Å². The van der Waals surface area contributed by atoms with Gasteiger partial charge in [0, 0.05) is 25.1 Å². The molecule has 0 spiro atoms. The molecule has 0 aromatic carbocycles. The van der Waals surface area contributed by atoms with Gasteiger partial charge in [0.25, 0.3) is 0 Å². The van der Waals surface area contributed by atoms with E-state index in [0.29, 0.717) is 6.42 Å². The minimum Gasteiger partial charge on any atom is -0.481 e. The number of amides is 4. The van der Waals surface area contributed by atoms with Crippen LogP contribution in [-0.2, 0) is 24.0 Å². The van der Waals surface area contributed by atoms with Gasteiger partial charge in [-0.25, -0.2) is 0 Å². The molecule has 0 aliphatic rings. The Morgan fingerprint density at radius 1 is 0.854 bits per heavy atom. The molecule has 0 aromatic rings. The fraction of sp³-hybridized carbons (Fsp3) is 0.821. The summed E-state index contributed by atoms with van der Waals surface area (Å²) in [6, 6.07) is -3.63. The standard InChI is InChI=1S/C28H52N4O8S/c1-3-4-5-6-7-8-9-10-11-12-13-14-24(35)30-23(19-41)28(40)32(17-21(34)18-33)20(2)27(39)31-22(26(29)38)15-16-25(36)37/h20-23,33-34,41H,3-19H2,1-2H3,(H2,29,38)(H,30,35)(H,31,39)(H,36,37)/t20-,21+,22+,23?/m0/s1. The minimum absolute atomic E-state index is 0.0780. The van der Waals surface area contributed by atoms with Crippen LogP contribution in [0.4, 0.5) is 0 Å². The normalized spacial score (nSPS) is 14.0. The van der Waals surface area contributed by atoms with Crippen LogP contribution in [0, 0.1) is 0 Å². The molecule has 0 bridgehead atoms. The molecule has 13 heteroatoms. The smallest absolute Gasteiger partial charge is 0.303 e. The van der Waals surface area contributed by atoms with Gasteiger partial charge >= 0.3 is 5.97 Å². The minimum atomic E-state index is -1.37. The third-order valence-electron chi connectivity index (χ3n) is 6.88. The van der Waals surface area contributed by atoms with Crippen LogP contribution in [0.25, 0.3) is 0 Å². The molecule has 0 heterocycles. The number of rotatable bonds is 25. The predicted octanol–water partition coefficient (Wildman–Crippen LogP) is 1.51. The predicted molar refractivity (Wildman–Crippen MR) is 159 cm³/mol. The zero-order chi connectivity index (χ0) is 31.2. The van der Waals surface area contributed by atoms with Gasteiger partial charge in [0.05, 0.1) is 12.7 Å². The SMILES string of the molecule is CCCCCCCCCCCCCC(=O)NC(CS)C(=O)N(C[C@@H](O)CO)[C@@H](C)C(=O)N[C@H](CCC(=O)O)C(N)=O. The molecule has 0 saturated carbocycles. The molecule has 0 aliphatic heterocycles. The number of primary amides is 1. The third-order valence-corrected chi connectivity index (χ3v) is 7.24. The highest BCUT2D eigenvalue weighted by atomic mass is 32.1. The Hall–Kier alpha value is -2.38. The van der Waals surface area contributed by atoms with E-state index in [9.17, 15) is 34.2 Å². The Morgan fingerprint density at radius 2 is 1.39 bits per heavy atom. The largest absolute Gasteiger partial charge is 0.481 e. The van der Waals surface area contributed by atoms with Crippen LogP contribution in [0.5, 0.6) is 0 Å². The Bertz CT molecular complexity index is 801. The molecule has 0 rings (SSSR count). The van der Waals surface area contributed by atoms with Gasteiger partial charge in [-0.2, -0.15) is 12.6 Å². The first kappa shape index (κ1) is 38.6. The molecule has 0 aromatic heterocycles. The van der Waals surface area contributed by atoms with Crippen molar-refractivity contribution in [1.82, 2.24) is 15.5 Å². The summed E-state index contributed by atoms with van der Waals surface area (Å²) in [5.41, 5.74) is 5.28. The highest BCUT2D eigenvalue weighted by molar-refractivity contribution is 7.80. The number of carboxylic acid groups (broad SMARTS) is 1. The van der Waals surface area contributed by atoms with E-state index in [4.69, 9.17) is 10.8 Å². The summed E-state index contributed by atoms with van der Waals surface area (Å²) in [6.07, 6.45) is 10.8. The number of thiol groups is 1. The van der Waals surface area contributed by atoms with E-state index in [1.807, 2.05) is 0 Å². The summed E-state index contributed by atoms with van der Waals surface area (Å²) >= 11 is 4.18. The number of hydrogen-bond acceptors (Lipinski definition) is 8. The maximum Gasteiger partial charge on any atom is 0.303 e. The van der Waals surface area contributed by atoms with E-state index in [0.717, 1.165) is 24.2 Å². The highest BCUT2D eigenvalue weighted by Gasteiger charge is 2.34. The Kier molecular flexibility index (Phi) is 21.9. The summed E-state index contributed by atoms with van der Waals surface area (Å²) < 4.78 is 0. The number of aliphatic hydroxyl groups excluding tert-OH is 2. The number of nitrogens with one attached hydrogen (secondary N) is 2. The lowest BCUT2D eigenvalue weighted by Crippen LogP contribution is -2.59. The number of unbranched alkanes of at least 4 members (excludes halogenated alkanes) is 10. The lowest BCUT2D eigenvalue weighted by molar-refractivity contribution is -0.144. The van der Waals surface area contributed by atoms with Crippen molar-refractivity contribution in [2.45, 2.75) is 128 Å². The van der Waals surface area contributed by atoms with Crippen molar-refractivity contribution >= 4 is 42.2 Å². The zero-order valence-electron chi connectivity index (χ0n) is 24.7. The van der Waals surface area contributed by atoms with E-state index in [1.54, 1.807) is 0 Å². The van der Waals surface area contributed by atoms with Gasteiger partial charge in [-0.05, 0) is 19.8 Å². The van der Waals surface area contributed by atoms with Crippen molar-refractivity contribution in [1.29, 1.82) is 0 Å². The topological polar surface area (TPSA) is 199 Å². The van der Waals surface area contributed by atoms with Crippen LogP contribution < -0.4 is 16.4 Å². The zero-order valence-corrected chi connectivity index (χ0v) is 25.6. The average molecular weight is 605 g/mol. The molecular weight excluding hydrogens is 552 g/mol. The van der Waals surface area contributed by atoms with E-state index >= 15 is 0 Å². The van der Waals surface area contributed by atoms with Gasteiger partial charge in [0.1, 0.15) is 18.1 Å². The van der Waals surface area contributed by atoms with Crippen molar-refractivity contribution < 1.29 is 39.3 Å². The number of aliphatic hydroxyl groups is 2. The number of carbonyl (C=O) groups excluding carboxylic acids is 4. The Morgan fingerprint density at radius 3 is 1.85 bits per heavy atom. The summed E-state index contributed by atoms with van der Waals surface area (Å²) in [7, 11) is 0.